The van der Waals surface area contributed by atoms with E-state index in [0.717, 1.165) is 0 Å². The van der Waals surface area contributed by atoms with E-state index < -0.39 is 8.32 Å². The maximum Gasteiger partial charge on any atom is 0.226 e. The highest BCUT2D eigenvalue weighted by Crippen LogP contribution is 2.36. The van der Waals surface area contributed by atoms with E-state index in [-0.39, 0.29) is 10.3 Å². The average Bonchev–Trinajstić information content (AvgIpc) is 2.71. The Morgan fingerprint density at radius 1 is 1.33 bits per heavy atom. The molecular weight excluding hydrogens is 306 g/mol. The fraction of sp³-hybridized carbons (Fsp3) is 0.615. The Balaban J connectivity index is 2.12. The van der Waals surface area contributed by atoms with Crippen LogP contribution in [0.4, 0.5) is 5.82 Å². The van der Waals surface area contributed by atoms with Gasteiger partial charge >= 0.3 is 0 Å². The average molecular weight is 328 g/mol. The molecule has 2 N–H and O–H groups in total. The van der Waals surface area contributed by atoms with E-state index in [2.05, 4.69) is 48.8 Å². The zero-order chi connectivity index (χ0) is 15.8. The summed E-state index contributed by atoms with van der Waals surface area (Å²) in [5.74, 6) is 0.300. The van der Waals surface area contributed by atoms with Gasteiger partial charge in [0.15, 0.2) is 19.8 Å². The van der Waals surface area contributed by atoms with E-state index >= 15 is 0 Å². The van der Waals surface area contributed by atoms with Gasteiger partial charge in [0.25, 0.3) is 0 Å². The lowest BCUT2D eigenvalue weighted by atomic mass is 10.2. The number of rotatable bonds is 4. The van der Waals surface area contributed by atoms with Gasteiger partial charge in [0, 0.05) is 6.54 Å². The lowest BCUT2D eigenvalue weighted by molar-refractivity contribution is 0.273. The van der Waals surface area contributed by atoms with Gasteiger partial charge in [-0.05, 0) is 29.7 Å². The molecule has 2 rings (SSSR count). The van der Waals surface area contributed by atoms with Crippen LogP contribution < -0.4 is 5.73 Å². The van der Waals surface area contributed by atoms with Crippen LogP contribution in [0.2, 0.25) is 23.4 Å². The standard InChI is InChI=1S/C13H22ClN5OSi/c1-13(2,3)21(4,5)20-7-6-19-8-16-9-10(15)17-12(14)18-11(9)19/h8H,6-7H2,1-5H3,(H2,15,17,18). The van der Waals surface area contributed by atoms with Crippen molar-refractivity contribution in [3.63, 3.8) is 0 Å². The number of halogens is 1. The summed E-state index contributed by atoms with van der Waals surface area (Å²) in [7, 11) is -1.74. The molecule has 2 aromatic heterocycles. The number of nitrogens with zero attached hydrogens (tertiary/aromatic N) is 4. The fourth-order valence-corrected chi connectivity index (χ4v) is 2.92. The quantitative estimate of drug-likeness (QED) is 0.689. The van der Waals surface area contributed by atoms with Crippen LogP contribution in [0.5, 0.6) is 0 Å². The molecule has 0 fully saturated rings. The van der Waals surface area contributed by atoms with E-state index in [4.69, 9.17) is 21.8 Å². The first kappa shape index (κ1) is 16.2. The number of aromatic nitrogens is 4. The van der Waals surface area contributed by atoms with E-state index in [1.807, 2.05) is 4.57 Å². The molecule has 6 nitrogen and oxygen atoms in total. The first-order valence-corrected chi connectivity index (χ1v) is 10.2. The molecule has 0 aliphatic rings. The summed E-state index contributed by atoms with van der Waals surface area (Å²) in [5.41, 5.74) is 7.01. The molecule has 0 aliphatic carbocycles. The molecule has 2 heterocycles. The van der Waals surface area contributed by atoms with Crippen molar-refractivity contribution in [3.8, 4) is 0 Å². The highest BCUT2D eigenvalue weighted by atomic mass is 35.5. The number of hydrogen-bond donors (Lipinski definition) is 1. The second-order valence-electron chi connectivity index (χ2n) is 6.60. The topological polar surface area (TPSA) is 78.9 Å². The van der Waals surface area contributed by atoms with Crippen molar-refractivity contribution < 1.29 is 4.43 Å². The molecule has 8 heteroatoms. The van der Waals surface area contributed by atoms with Gasteiger partial charge in [-0.2, -0.15) is 9.97 Å². The minimum Gasteiger partial charge on any atom is -0.415 e. The summed E-state index contributed by atoms with van der Waals surface area (Å²) in [6.45, 7) is 12.4. The molecule has 0 radical (unpaired) electrons. The van der Waals surface area contributed by atoms with Crippen molar-refractivity contribution in [3.05, 3.63) is 11.6 Å². The Kier molecular flexibility index (Phi) is 4.28. The summed E-state index contributed by atoms with van der Waals surface area (Å²) >= 11 is 5.85. The summed E-state index contributed by atoms with van der Waals surface area (Å²) in [4.78, 5) is 12.3. The maximum atomic E-state index is 6.16. The molecular formula is C13H22ClN5OSi. The van der Waals surface area contributed by atoms with Crippen LogP contribution in [0.15, 0.2) is 6.33 Å². The first-order valence-electron chi connectivity index (χ1n) is 6.89. The summed E-state index contributed by atoms with van der Waals surface area (Å²) < 4.78 is 8.05. The Hall–Kier alpha value is -1.18. The van der Waals surface area contributed by atoms with Gasteiger partial charge in [-0.15, -0.1) is 0 Å². The number of imidazole rings is 1. The fourth-order valence-electron chi connectivity index (χ4n) is 1.72. The second kappa shape index (κ2) is 5.55. The van der Waals surface area contributed by atoms with Gasteiger partial charge in [0.2, 0.25) is 5.28 Å². The van der Waals surface area contributed by atoms with Gasteiger partial charge < -0.3 is 14.7 Å². The van der Waals surface area contributed by atoms with E-state index in [0.29, 0.717) is 30.1 Å². The second-order valence-corrected chi connectivity index (χ2v) is 11.7. The van der Waals surface area contributed by atoms with Gasteiger partial charge in [0.05, 0.1) is 12.9 Å². The third kappa shape index (κ3) is 3.36. The molecule has 0 aromatic carbocycles. The lowest BCUT2D eigenvalue weighted by Crippen LogP contribution is -2.41. The molecule has 0 bridgehead atoms. The van der Waals surface area contributed by atoms with Gasteiger partial charge in [-0.3, -0.25) is 0 Å². The highest BCUT2D eigenvalue weighted by molar-refractivity contribution is 6.74. The molecule has 21 heavy (non-hydrogen) atoms. The van der Waals surface area contributed by atoms with Crippen molar-refractivity contribution in [2.75, 3.05) is 12.3 Å². The minimum atomic E-state index is -1.74. The molecule has 116 valence electrons. The van der Waals surface area contributed by atoms with E-state index in [1.165, 1.54) is 0 Å². The van der Waals surface area contributed by atoms with Crippen LogP contribution in [0, 0.1) is 0 Å². The van der Waals surface area contributed by atoms with Crippen molar-refractivity contribution in [1.82, 2.24) is 19.5 Å². The number of nitrogens with two attached hydrogens (primary N) is 1. The van der Waals surface area contributed by atoms with Crippen molar-refractivity contribution >= 4 is 36.9 Å². The normalized spacial score (nSPS) is 13.0. The molecule has 0 saturated heterocycles. The highest BCUT2D eigenvalue weighted by Gasteiger charge is 2.36. The van der Waals surface area contributed by atoms with Crippen LogP contribution >= 0.6 is 11.6 Å². The van der Waals surface area contributed by atoms with Crippen molar-refractivity contribution in [2.45, 2.75) is 45.4 Å². The molecule has 2 aromatic rings. The van der Waals surface area contributed by atoms with Gasteiger partial charge in [-0.1, -0.05) is 20.8 Å². The molecule has 0 atom stereocenters. The maximum absolute atomic E-state index is 6.16. The number of hydrogen-bond acceptors (Lipinski definition) is 5. The monoisotopic (exact) mass is 327 g/mol. The Morgan fingerprint density at radius 2 is 2.00 bits per heavy atom. The SMILES string of the molecule is CC(C)(C)[Si](C)(C)OCCn1cnc2c(N)nc(Cl)nc21. The van der Waals surface area contributed by atoms with Gasteiger partial charge in [0.1, 0.15) is 5.52 Å². The van der Waals surface area contributed by atoms with Crippen molar-refractivity contribution in [2.24, 2.45) is 0 Å². The third-order valence-electron chi connectivity index (χ3n) is 4.06. The number of fused-ring (bicyclic) bond motifs is 1. The van der Waals surface area contributed by atoms with Crippen LogP contribution in [-0.4, -0.2) is 34.4 Å². The smallest absolute Gasteiger partial charge is 0.226 e. The predicted molar refractivity (Wildman–Crippen MR) is 87.9 cm³/mol. The zero-order valence-corrected chi connectivity index (χ0v) is 14.9. The number of anilines is 1. The summed E-state index contributed by atoms with van der Waals surface area (Å²) in [5, 5.41) is 0.326. The van der Waals surface area contributed by atoms with Crippen LogP contribution in [0.3, 0.4) is 0 Å². The Morgan fingerprint density at radius 3 is 2.62 bits per heavy atom. The Bertz CT molecular complexity index is 650. The summed E-state index contributed by atoms with van der Waals surface area (Å²) in [6, 6.07) is 0. The zero-order valence-electron chi connectivity index (χ0n) is 13.1. The molecule has 0 spiro atoms. The molecule has 0 aliphatic heterocycles. The largest absolute Gasteiger partial charge is 0.415 e. The molecule has 0 unspecified atom stereocenters. The summed E-state index contributed by atoms with van der Waals surface area (Å²) in [6.07, 6.45) is 1.70. The van der Waals surface area contributed by atoms with Gasteiger partial charge in [-0.25, -0.2) is 4.98 Å². The van der Waals surface area contributed by atoms with E-state index in [1.54, 1.807) is 6.33 Å². The third-order valence-corrected chi connectivity index (χ3v) is 8.77. The van der Waals surface area contributed by atoms with Crippen LogP contribution in [-0.2, 0) is 11.0 Å². The minimum absolute atomic E-state index is 0.132. The lowest BCUT2D eigenvalue weighted by Gasteiger charge is -2.36. The van der Waals surface area contributed by atoms with Crippen molar-refractivity contribution in [1.29, 1.82) is 0 Å². The Labute approximate surface area is 130 Å². The van der Waals surface area contributed by atoms with Crippen LogP contribution in [0.1, 0.15) is 20.8 Å². The van der Waals surface area contributed by atoms with E-state index in [9.17, 15) is 0 Å². The first-order chi connectivity index (χ1) is 9.62. The van der Waals surface area contributed by atoms with Crippen LogP contribution in [0.25, 0.3) is 11.2 Å². The molecule has 0 amide bonds. The number of nitrogen functional groups attached to an aromatic ring is 1. The predicted octanol–water partition coefficient (Wildman–Crippen LogP) is 3.08. The molecule has 0 saturated carbocycles.